The molecule has 1 saturated carbocycles. The molecule has 2 nitrogen and oxygen atoms in total. The van der Waals surface area contributed by atoms with Crippen LogP contribution in [0.15, 0.2) is 53.5 Å². The van der Waals surface area contributed by atoms with E-state index in [1.165, 1.54) is 5.56 Å². The second-order valence-electron chi connectivity index (χ2n) is 8.30. The van der Waals surface area contributed by atoms with Crippen LogP contribution in [0, 0.1) is 11.3 Å². The van der Waals surface area contributed by atoms with Crippen LogP contribution < -0.4 is 5.32 Å². The van der Waals surface area contributed by atoms with Gasteiger partial charge in [-0.15, -0.1) is 0 Å². The summed E-state index contributed by atoms with van der Waals surface area (Å²) in [6.45, 7) is 0.499. The highest BCUT2D eigenvalue weighted by Gasteiger charge is 2.44. The van der Waals surface area contributed by atoms with Gasteiger partial charge in [0.1, 0.15) is 5.84 Å². The van der Waals surface area contributed by atoms with Crippen LogP contribution >= 0.6 is 11.6 Å². The Morgan fingerprint density at radius 3 is 2.55 bits per heavy atom. The monoisotopic (exact) mass is 420 g/mol. The Labute approximate surface area is 174 Å². The van der Waals surface area contributed by atoms with Crippen LogP contribution in [0.2, 0.25) is 5.02 Å². The van der Waals surface area contributed by atoms with Crippen molar-refractivity contribution in [2.24, 2.45) is 16.3 Å². The van der Waals surface area contributed by atoms with Gasteiger partial charge in [-0.05, 0) is 67.3 Å². The van der Waals surface area contributed by atoms with Crippen molar-refractivity contribution in [3.8, 4) is 0 Å². The van der Waals surface area contributed by atoms with Crippen LogP contribution in [0.25, 0.3) is 0 Å². The maximum atomic E-state index is 12.8. The van der Waals surface area contributed by atoms with E-state index in [4.69, 9.17) is 16.6 Å². The van der Waals surface area contributed by atoms with Gasteiger partial charge in [0, 0.05) is 22.5 Å². The Morgan fingerprint density at radius 2 is 1.83 bits per heavy atom. The zero-order valence-electron chi connectivity index (χ0n) is 16.1. The van der Waals surface area contributed by atoms with Crippen molar-refractivity contribution >= 4 is 23.1 Å². The van der Waals surface area contributed by atoms with Crippen LogP contribution in [0.3, 0.4) is 0 Å². The van der Waals surface area contributed by atoms with Crippen molar-refractivity contribution in [1.82, 2.24) is 0 Å². The van der Waals surface area contributed by atoms with Gasteiger partial charge in [-0.3, -0.25) is 4.99 Å². The number of nitrogens with zero attached hydrogens (tertiary/aromatic N) is 1. The molecule has 2 aliphatic rings. The maximum Gasteiger partial charge on any atom is 0.389 e. The predicted molar refractivity (Wildman–Crippen MR) is 111 cm³/mol. The normalized spacial score (nSPS) is 25.7. The molecule has 0 bridgehead atoms. The van der Waals surface area contributed by atoms with Crippen molar-refractivity contribution in [1.29, 1.82) is 0 Å². The molecule has 4 rings (SSSR count). The number of hydrogen-bond donors (Lipinski definition) is 1. The fourth-order valence-corrected chi connectivity index (χ4v) is 4.91. The standard InChI is InChI=1S/C23H24ClF3N2/c24-19-6-3-4-17(12-19)15-28-21-22(14-18-5-1-2-7-20(18)29-21)10-8-16(9-11-22)13-23(25,26)27/h1-7,12,16H,8-11,13-15H2,(H,28,29). The summed E-state index contributed by atoms with van der Waals surface area (Å²) < 4.78 is 38.5. The fourth-order valence-electron chi connectivity index (χ4n) is 4.69. The summed E-state index contributed by atoms with van der Waals surface area (Å²) in [6, 6.07) is 15.7. The maximum absolute atomic E-state index is 12.8. The second-order valence-corrected chi connectivity index (χ2v) is 8.73. The number of aliphatic imine (C=N–C) groups is 1. The first kappa shape index (κ1) is 20.3. The Hall–Kier alpha value is -2.01. The van der Waals surface area contributed by atoms with Gasteiger partial charge >= 0.3 is 6.18 Å². The third-order valence-electron chi connectivity index (χ3n) is 6.19. The SMILES string of the molecule is FC(F)(F)CC1CCC2(CC1)Cc1ccccc1NC2=NCc1cccc(Cl)c1. The van der Waals surface area contributed by atoms with Crippen molar-refractivity contribution < 1.29 is 13.2 Å². The molecule has 0 saturated heterocycles. The van der Waals surface area contributed by atoms with Gasteiger partial charge in [0.15, 0.2) is 0 Å². The van der Waals surface area contributed by atoms with Gasteiger partial charge in [0.2, 0.25) is 0 Å². The molecule has 0 unspecified atom stereocenters. The highest BCUT2D eigenvalue weighted by atomic mass is 35.5. The van der Waals surface area contributed by atoms with E-state index in [2.05, 4.69) is 11.4 Å². The summed E-state index contributed by atoms with van der Waals surface area (Å²) in [5.74, 6) is 0.619. The van der Waals surface area contributed by atoms with Crippen molar-refractivity contribution in [2.45, 2.75) is 51.2 Å². The largest absolute Gasteiger partial charge is 0.389 e. The van der Waals surface area contributed by atoms with Crippen molar-refractivity contribution in [2.75, 3.05) is 5.32 Å². The number of para-hydroxylation sites is 1. The van der Waals surface area contributed by atoms with E-state index < -0.39 is 12.6 Å². The topological polar surface area (TPSA) is 24.4 Å². The fraction of sp³-hybridized carbons (Fsp3) is 0.435. The van der Waals surface area contributed by atoms with Crippen molar-refractivity contribution in [3.05, 3.63) is 64.7 Å². The van der Waals surface area contributed by atoms with E-state index >= 15 is 0 Å². The molecule has 154 valence electrons. The molecule has 1 fully saturated rings. The van der Waals surface area contributed by atoms with Gasteiger partial charge in [-0.25, -0.2) is 0 Å². The van der Waals surface area contributed by atoms with E-state index in [1.807, 2.05) is 42.5 Å². The van der Waals surface area contributed by atoms with Crippen molar-refractivity contribution in [3.63, 3.8) is 0 Å². The molecule has 1 spiro atoms. The highest BCUT2D eigenvalue weighted by Crippen LogP contribution is 2.48. The molecule has 2 aromatic rings. The number of halogens is 4. The van der Waals surface area contributed by atoms with Crippen LogP contribution in [-0.2, 0) is 13.0 Å². The van der Waals surface area contributed by atoms with Crippen LogP contribution in [-0.4, -0.2) is 12.0 Å². The first-order valence-corrected chi connectivity index (χ1v) is 10.4. The first-order valence-electron chi connectivity index (χ1n) is 10.0. The molecule has 1 N–H and O–H groups in total. The zero-order valence-corrected chi connectivity index (χ0v) is 16.9. The van der Waals surface area contributed by atoms with Crippen LogP contribution in [0.5, 0.6) is 0 Å². The molecule has 1 aliphatic heterocycles. The lowest BCUT2D eigenvalue weighted by atomic mass is 9.64. The Bertz CT molecular complexity index is 899. The predicted octanol–water partition coefficient (Wildman–Crippen LogP) is 7.04. The smallest absolute Gasteiger partial charge is 0.343 e. The van der Waals surface area contributed by atoms with Gasteiger partial charge in [-0.2, -0.15) is 13.2 Å². The number of nitrogens with one attached hydrogen (secondary N) is 1. The number of hydrogen-bond acceptors (Lipinski definition) is 1. The summed E-state index contributed by atoms with van der Waals surface area (Å²) >= 11 is 6.09. The minimum Gasteiger partial charge on any atom is -0.343 e. The Morgan fingerprint density at radius 1 is 1.07 bits per heavy atom. The van der Waals surface area contributed by atoms with Gasteiger partial charge in [0.25, 0.3) is 0 Å². The number of rotatable bonds is 3. The third kappa shape index (κ3) is 4.77. The molecule has 0 aromatic heterocycles. The molecular formula is C23H24ClF3N2. The number of anilines is 1. The van der Waals surface area contributed by atoms with E-state index in [-0.39, 0.29) is 11.3 Å². The lowest BCUT2D eigenvalue weighted by Crippen LogP contribution is -2.45. The number of benzene rings is 2. The molecule has 0 atom stereocenters. The number of fused-ring (bicyclic) bond motifs is 1. The molecule has 2 aromatic carbocycles. The zero-order chi connectivity index (χ0) is 20.5. The second kappa shape index (κ2) is 8.02. The van der Waals surface area contributed by atoms with Crippen LogP contribution in [0.4, 0.5) is 18.9 Å². The van der Waals surface area contributed by atoms with Crippen LogP contribution in [0.1, 0.15) is 43.2 Å². The molecule has 6 heteroatoms. The average Bonchev–Trinajstić information content (AvgIpc) is 2.67. The summed E-state index contributed by atoms with van der Waals surface area (Å²) in [5.41, 5.74) is 3.06. The van der Waals surface area contributed by atoms with E-state index in [0.717, 1.165) is 36.3 Å². The average molecular weight is 421 g/mol. The lowest BCUT2D eigenvalue weighted by molar-refractivity contribution is -0.147. The lowest BCUT2D eigenvalue weighted by Gasteiger charge is -2.44. The van der Waals surface area contributed by atoms with Gasteiger partial charge in [-0.1, -0.05) is 41.9 Å². The Kier molecular flexibility index (Phi) is 5.60. The van der Waals surface area contributed by atoms with E-state index in [9.17, 15) is 13.2 Å². The molecule has 0 radical (unpaired) electrons. The molecular weight excluding hydrogens is 397 g/mol. The number of alkyl halides is 3. The quantitative estimate of drug-likeness (QED) is 0.566. The summed E-state index contributed by atoms with van der Waals surface area (Å²) in [6.07, 6.45) is -1.33. The summed E-state index contributed by atoms with van der Waals surface area (Å²) in [5, 5.41) is 4.17. The van der Waals surface area contributed by atoms with E-state index in [1.54, 1.807) is 0 Å². The van der Waals surface area contributed by atoms with Gasteiger partial charge in [0.05, 0.1) is 6.54 Å². The minimum absolute atomic E-state index is 0.213. The molecule has 1 heterocycles. The molecule has 1 aliphatic carbocycles. The summed E-state index contributed by atoms with van der Waals surface area (Å²) in [4.78, 5) is 4.89. The molecule has 29 heavy (non-hydrogen) atoms. The van der Waals surface area contributed by atoms with E-state index in [0.29, 0.717) is 24.4 Å². The Balaban J connectivity index is 1.58. The van der Waals surface area contributed by atoms with Gasteiger partial charge < -0.3 is 5.32 Å². The first-order chi connectivity index (χ1) is 13.8. The summed E-state index contributed by atoms with van der Waals surface area (Å²) in [7, 11) is 0. The third-order valence-corrected chi connectivity index (χ3v) is 6.43. The highest BCUT2D eigenvalue weighted by molar-refractivity contribution is 6.30. The molecule has 0 amide bonds. The minimum atomic E-state index is -4.09. The number of amidine groups is 1.